The van der Waals surface area contributed by atoms with Crippen LogP contribution in [0.1, 0.15) is 41.5 Å². The van der Waals surface area contributed by atoms with Crippen molar-refractivity contribution in [1.29, 1.82) is 0 Å². The van der Waals surface area contributed by atoms with Gasteiger partial charge in [0.05, 0.1) is 13.7 Å². The van der Waals surface area contributed by atoms with Gasteiger partial charge >= 0.3 is 0 Å². The zero-order chi connectivity index (χ0) is 19.3. The highest BCUT2D eigenvalue weighted by Gasteiger charge is 2.20. The van der Waals surface area contributed by atoms with E-state index in [-0.39, 0.29) is 11.8 Å². The first-order valence-electron chi connectivity index (χ1n) is 9.61. The van der Waals surface area contributed by atoms with Gasteiger partial charge in [0, 0.05) is 25.3 Å². The molecule has 6 heteroatoms. The summed E-state index contributed by atoms with van der Waals surface area (Å²) in [4.78, 5) is 12.7. The van der Waals surface area contributed by atoms with E-state index in [1.165, 1.54) is 0 Å². The lowest BCUT2D eigenvalue weighted by molar-refractivity contribution is -0.121. The van der Waals surface area contributed by atoms with E-state index in [0.717, 1.165) is 47.9 Å². The number of amides is 1. The van der Waals surface area contributed by atoms with Crippen LogP contribution in [0.15, 0.2) is 54.6 Å². The van der Waals surface area contributed by atoms with Crippen molar-refractivity contribution in [2.24, 2.45) is 0 Å². The molecule has 0 bridgehead atoms. The average molecular weight is 376 g/mol. The summed E-state index contributed by atoms with van der Waals surface area (Å²) in [6.45, 7) is 1.35. The van der Waals surface area contributed by atoms with Crippen molar-refractivity contribution >= 4 is 5.91 Å². The minimum absolute atomic E-state index is 0.0000167. The number of ether oxygens (including phenoxy) is 1. The first-order valence-corrected chi connectivity index (χ1v) is 9.61. The standard InChI is InChI=1S/C22H24N4O2/c1-28-18-11-9-17(10-12-18)19(16-6-3-2-4-7-16)14-22(27)23-15-21-25-24-20-8-5-13-26(20)21/h2-4,6-7,9-12,19H,5,8,13-15H2,1H3,(H,23,27). The van der Waals surface area contributed by atoms with Crippen LogP contribution in [-0.2, 0) is 24.3 Å². The zero-order valence-corrected chi connectivity index (χ0v) is 16.0. The molecule has 28 heavy (non-hydrogen) atoms. The summed E-state index contributed by atoms with van der Waals surface area (Å²) in [6.07, 6.45) is 2.44. The monoisotopic (exact) mass is 376 g/mol. The topological polar surface area (TPSA) is 69.0 Å². The lowest BCUT2D eigenvalue weighted by Gasteiger charge is -2.18. The maximum Gasteiger partial charge on any atom is 0.221 e. The number of fused-ring (bicyclic) bond motifs is 1. The van der Waals surface area contributed by atoms with Crippen molar-refractivity contribution < 1.29 is 9.53 Å². The van der Waals surface area contributed by atoms with Crippen molar-refractivity contribution in [2.75, 3.05) is 7.11 Å². The Morgan fingerprint density at radius 2 is 1.86 bits per heavy atom. The Morgan fingerprint density at radius 3 is 2.61 bits per heavy atom. The Morgan fingerprint density at radius 1 is 1.11 bits per heavy atom. The smallest absolute Gasteiger partial charge is 0.221 e. The van der Waals surface area contributed by atoms with E-state index in [9.17, 15) is 4.79 Å². The fourth-order valence-electron chi connectivity index (χ4n) is 3.73. The van der Waals surface area contributed by atoms with Crippen LogP contribution in [-0.4, -0.2) is 27.8 Å². The van der Waals surface area contributed by atoms with Crippen LogP contribution in [0.2, 0.25) is 0 Å². The second kappa shape index (κ2) is 8.25. The summed E-state index contributed by atoms with van der Waals surface area (Å²) in [5.74, 6) is 2.64. The second-order valence-corrected chi connectivity index (χ2v) is 7.00. The van der Waals surface area contributed by atoms with Gasteiger partial charge in [0.2, 0.25) is 5.91 Å². The number of aromatic nitrogens is 3. The molecule has 144 valence electrons. The van der Waals surface area contributed by atoms with Gasteiger partial charge < -0.3 is 14.6 Å². The number of hydrogen-bond acceptors (Lipinski definition) is 4. The summed E-state index contributed by atoms with van der Waals surface area (Å²) < 4.78 is 7.37. The second-order valence-electron chi connectivity index (χ2n) is 7.00. The molecular formula is C22H24N4O2. The highest BCUT2D eigenvalue weighted by Crippen LogP contribution is 2.29. The number of benzene rings is 2. The molecule has 2 heterocycles. The predicted octanol–water partition coefficient (Wildman–Crippen LogP) is 3.07. The largest absolute Gasteiger partial charge is 0.497 e. The van der Waals surface area contributed by atoms with Gasteiger partial charge in [-0.05, 0) is 29.7 Å². The Kier molecular flexibility index (Phi) is 5.37. The molecule has 0 radical (unpaired) electrons. The lowest BCUT2D eigenvalue weighted by atomic mass is 9.88. The Labute approximate surface area is 164 Å². The molecule has 1 atom stereocenters. The lowest BCUT2D eigenvalue weighted by Crippen LogP contribution is -2.26. The van der Waals surface area contributed by atoms with Crippen molar-refractivity contribution in [1.82, 2.24) is 20.1 Å². The number of carbonyl (C=O) groups is 1. The fraction of sp³-hybridized carbons (Fsp3) is 0.318. The van der Waals surface area contributed by atoms with E-state index in [0.29, 0.717) is 13.0 Å². The molecule has 4 rings (SSSR count). The quantitative estimate of drug-likeness (QED) is 0.688. The van der Waals surface area contributed by atoms with Gasteiger partial charge in [0.25, 0.3) is 0 Å². The van der Waals surface area contributed by atoms with Crippen LogP contribution in [0.5, 0.6) is 5.75 Å². The molecule has 6 nitrogen and oxygen atoms in total. The van der Waals surface area contributed by atoms with Gasteiger partial charge in [-0.2, -0.15) is 0 Å². The van der Waals surface area contributed by atoms with Crippen LogP contribution < -0.4 is 10.1 Å². The minimum Gasteiger partial charge on any atom is -0.497 e. The van der Waals surface area contributed by atoms with Crippen molar-refractivity contribution in [2.45, 2.75) is 38.3 Å². The summed E-state index contributed by atoms with van der Waals surface area (Å²) in [6, 6.07) is 18.0. The van der Waals surface area contributed by atoms with Gasteiger partial charge in [-0.15, -0.1) is 10.2 Å². The van der Waals surface area contributed by atoms with Crippen molar-refractivity contribution in [3.05, 3.63) is 77.4 Å². The Hall–Kier alpha value is -3.15. The first kappa shape index (κ1) is 18.2. The van der Waals surface area contributed by atoms with Gasteiger partial charge in [-0.3, -0.25) is 4.79 Å². The van der Waals surface area contributed by atoms with E-state index in [1.54, 1.807) is 7.11 Å². The van der Waals surface area contributed by atoms with Crippen LogP contribution in [0.25, 0.3) is 0 Å². The van der Waals surface area contributed by atoms with Crippen molar-refractivity contribution in [3.63, 3.8) is 0 Å². The van der Waals surface area contributed by atoms with E-state index in [1.807, 2.05) is 42.5 Å². The molecule has 2 aromatic carbocycles. The molecule has 0 saturated carbocycles. The molecule has 1 unspecified atom stereocenters. The molecule has 1 N–H and O–H groups in total. The van der Waals surface area contributed by atoms with Crippen LogP contribution >= 0.6 is 0 Å². The number of rotatable bonds is 7. The number of methoxy groups -OCH3 is 1. The molecule has 1 aliphatic rings. The van der Waals surface area contributed by atoms with E-state index in [2.05, 4.69) is 32.2 Å². The normalized spacial score (nSPS) is 13.8. The Bertz CT molecular complexity index is 935. The van der Waals surface area contributed by atoms with E-state index in [4.69, 9.17) is 4.74 Å². The molecule has 0 aliphatic carbocycles. The third-order valence-corrected chi connectivity index (χ3v) is 5.24. The number of carbonyl (C=O) groups excluding carboxylic acids is 1. The molecule has 0 saturated heterocycles. The highest BCUT2D eigenvalue weighted by molar-refractivity contribution is 5.77. The van der Waals surface area contributed by atoms with Gasteiger partial charge in [-0.25, -0.2) is 0 Å². The number of aryl methyl sites for hydroxylation is 1. The first-order chi connectivity index (χ1) is 13.7. The Balaban J connectivity index is 1.47. The zero-order valence-electron chi connectivity index (χ0n) is 16.0. The molecule has 3 aromatic rings. The molecule has 1 aromatic heterocycles. The maximum atomic E-state index is 12.7. The van der Waals surface area contributed by atoms with E-state index < -0.39 is 0 Å². The van der Waals surface area contributed by atoms with E-state index >= 15 is 0 Å². The molecular weight excluding hydrogens is 352 g/mol. The number of nitrogens with zero attached hydrogens (tertiary/aromatic N) is 3. The maximum absolute atomic E-state index is 12.7. The molecule has 0 fully saturated rings. The SMILES string of the molecule is COc1ccc(C(CC(=O)NCc2nnc3n2CCC3)c2ccccc2)cc1. The van der Waals surface area contributed by atoms with Crippen molar-refractivity contribution in [3.8, 4) is 5.75 Å². The molecule has 0 spiro atoms. The summed E-state index contributed by atoms with van der Waals surface area (Å²) in [5, 5.41) is 11.4. The summed E-state index contributed by atoms with van der Waals surface area (Å²) in [7, 11) is 1.65. The molecule has 1 amide bonds. The average Bonchev–Trinajstić information content (AvgIpc) is 3.35. The molecule has 1 aliphatic heterocycles. The van der Waals surface area contributed by atoms with Crippen LogP contribution in [0.3, 0.4) is 0 Å². The van der Waals surface area contributed by atoms with Crippen LogP contribution in [0.4, 0.5) is 0 Å². The highest BCUT2D eigenvalue weighted by atomic mass is 16.5. The predicted molar refractivity (Wildman–Crippen MR) is 106 cm³/mol. The van der Waals surface area contributed by atoms with Gasteiger partial charge in [0.15, 0.2) is 5.82 Å². The third-order valence-electron chi connectivity index (χ3n) is 5.24. The van der Waals surface area contributed by atoms with Gasteiger partial charge in [-0.1, -0.05) is 42.5 Å². The van der Waals surface area contributed by atoms with Gasteiger partial charge in [0.1, 0.15) is 11.6 Å². The summed E-state index contributed by atoms with van der Waals surface area (Å²) in [5.41, 5.74) is 2.21. The fourth-order valence-corrected chi connectivity index (χ4v) is 3.73. The summed E-state index contributed by atoms with van der Waals surface area (Å²) >= 11 is 0. The number of hydrogen-bond donors (Lipinski definition) is 1. The third kappa shape index (κ3) is 3.91. The number of nitrogens with one attached hydrogen (secondary N) is 1. The minimum atomic E-state index is -0.0174. The van der Waals surface area contributed by atoms with Crippen LogP contribution in [0, 0.1) is 0 Å².